The van der Waals surface area contributed by atoms with E-state index in [0.29, 0.717) is 26.1 Å². The zero-order valence-electron chi connectivity index (χ0n) is 11.0. The summed E-state index contributed by atoms with van der Waals surface area (Å²) >= 11 is 0. The number of carbonyl (C=O) groups excluding carboxylic acids is 2. The molecule has 0 radical (unpaired) electrons. The lowest BCUT2D eigenvalue weighted by molar-refractivity contribution is -0.144. The van der Waals surface area contributed by atoms with Crippen LogP contribution in [0.25, 0.3) is 0 Å². The molecule has 0 heterocycles. The fourth-order valence-corrected chi connectivity index (χ4v) is 1.35. The normalized spacial score (nSPS) is 10.0. The maximum absolute atomic E-state index is 11.2. The van der Waals surface area contributed by atoms with E-state index in [4.69, 9.17) is 9.47 Å². The van der Waals surface area contributed by atoms with Crippen molar-refractivity contribution in [3.05, 3.63) is 0 Å². The van der Waals surface area contributed by atoms with Crippen LogP contribution >= 0.6 is 0 Å². The van der Waals surface area contributed by atoms with Crippen LogP contribution in [-0.4, -0.2) is 25.2 Å². The Morgan fingerprint density at radius 1 is 0.824 bits per heavy atom. The molecule has 0 aliphatic heterocycles. The van der Waals surface area contributed by atoms with Crippen molar-refractivity contribution in [2.24, 2.45) is 0 Å². The van der Waals surface area contributed by atoms with Crippen molar-refractivity contribution in [1.29, 1.82) is 0 Å². The summed E-state index contributed by atoms with van der Waals surface area (Å²) in [6.07, 6.45) is 5.28. The maximum atomic E-state index is 11.2. The summed E-state index contributed by atoms with van der Waals surface area (Å²) in [5.74, 6) is -0.285. The van der Waals surface area contributed by atoms with E-state index < -0.39 is 0 Å². The smallest absolute Gasteiger partial charge is 0.305 e. The molecule has 0 rings (SSSR count). The van der Waals surface area contributed by atoms with Crippen molar-refractivity contribution < 1.29 is 19.1 Å². The van der Waals surface area contributed by atoms with Crippen molar-refractivity contribution in [3.8, 4) is 0 Å². The topological polar surface area (TPSA) is 52.6 Å². The van der Waals surface area contributed by atoms with Gasteiger partial charge in [0.05, 0.1) is 13.2 Å². The third kappa shape index (κ3) is 11.2. The molecule has 0 N–H and O–H groups in total. The second kappa shape index (κ2) is 11.4. The number of rotatable bonds is 10. The van der Waals surface area contributed by atoms with E-state index in [1.54, 1.807) is 6.92 Å². The van der Waals surface area contributed by atoms with E-state index >= 15 is 0 Å². The van der Waals surface area contributed by atoms with Crippen LogP contribution in [0.4, 0.5) is 0 Å². The quantitative estimate of drug-likeness (QED) is 0.438. The third-order valence-electron chi connectivity index (χ3n) is 2.33. The van der Waals surface area contributed by atoms with Crippen LogP contribution in [0.1, 0.15) is 58.8 Å². The third-order valence-corrected chi connectivity index (χ3v) is 2.33. The maximum Gasteiger partial charge on any atom is 0.305 e. The van der Waals surface area contributed by atoms with Crippen LogP contribution in [0.5, 0.6) is 0 Å². The Morgan fingerprint density at radius 3 is 1.94 bits per heavy atom. The van der Waals surface area contributed by atoms with E-state index in [1.807, 2.05) is 0 Å². The summed E-state index contributed by atoms with van der Waals surface area (Å²) in [7, 11) is 0. The highest BCUT2D eigenvalue weighted by atomic mass is 16.5. The van der Waals surface area contributed by atoms with Crippen molar-refractivity contribution in [2.45, 2.75) is 58.8 Å². The highest BCUT2D eigenvalue weighted by Gasteiger charge is 2.04. The lowest BCUT2D eigenvalue weighted by Crippen LogP contribution is -2.06. The minimum Gasteiger partial charge on any atom is -0.466 e. The first kappa shape index (κ1) is 15.9. The minimum absolute atomic E-state index is 0.130. The zero-order chi connectivity index (χ0) is 12.9. The summed E-state index contributed by atoms with van der Waals surface area (Å²) in [6, 6.07) is 0. The number of carbonyl (C=O) groups is 2. The minimum atomic E-state index is -0.155. The van der Waals surface area contributed by atoms with Crippen molar-refractivity contribution in [1.82, 2.24) is 0 Å². The molecule has 4 nitrogen and oxygen atoms in total. The summed E-state index contributed by atoms with van der Waals surface area (Å²) in [6.45, 7) is 4.81. The zero-order valence-corrected chi connectivity index (χ0v) is 11.0. The number of esters is 2. The standard InChI is InChI=1S/C13H24O4/c1-3-5-11-17-13(15)10-8-6-7-9-12(14)16-4-2/h3-11H2,1-2H3. The summed E-state index contributed by atoms with van der Waals surface area (Å²) in [5, 5.41) is 0. The molecule has 0 aliphatic carbocycles. The Balaban J connectivity index is 3.27. The molecule has 0 spiro atoms. The Labute approximate surface area is 104 Å². The number of hydrogen-bond donors (Lipinski definition) is 0. The number of unbranched alkanes of at least 4 members (excludes halogenated alkanes) is 3. The predicted molar refractivity (Wildman–Crippen MR) is 65.6 cm³/mol. The molecule has 17 heavy (non-hydrogen) atoms. The van der Waals surface area contributed by atoms with Gasteiger partial charge in [0, 0.05) is 12.8 Å². The van der Waals surface area contributed by atoms with Gasteiger partial charge < -0.3 is 9.47 Å². The first-order valence-electron chi connectivity index (χ1n) is 6.52. The molecule has 0 atom stereocenters. The van der Waals surface area contributed by atoms with Crippen LogP contribution in [-0.2, 0) is 19.1 Å². The van der Waals surface area contributed by atoms with Crippen molar-refractivity contribution >= 4 is 11.9 Å². The van der Waals surface area contributed by atoms with Crippen LogP contribution in [0.2, 0.25) is 0 Å². The summed E-state index contributed by atoms with van der Waals surface area (Å²) < 4.78 is 9.82. The largest absolute Gasteiger partial charge is 0.466 e. The molecule has 100 valence electrons. The van der Waals surface area contributed by atoms with E-state index in [1.165, 1.54) is 0 Å². The Hall–Kier alpha value is -1.06. The molecular weight excluding hydrogens is 220 g/mol. The predicted octanol–water partition coefficient (Wildman–Crippen LogP) is 2.84. The highest BCUT2D eigenvalue weighted by Crippen LogP contribution is 2.05. The molecule has 0 saturated carbocycles. The lowest BCUT2D eigenvalue weighted by atomic mass is 10.1. The Kier molecular flexibility index (Phi) is 10.7. The molecule has 0 aromatic rings. The second-order valence-corrected chi connectivity index (χ2v) is 3.94. The molecule has 0 aliphatic rings. The fourth-order valence-electron chi connectivity index (χ4n) is 1.35. The van der Waals surface area contributed by atoms with Gasteiger partial charge in [0.15, 0.2) is 0 Å². The Morgan fingerprint density at radius 2 is 1.41 bits per heavy atom. The van der Waals surface area contributed by atoms with Crippen molar-refractivity contribution in [2.75, 3.05) is 13.2 Å². The molecule has 0 bridgehead atoms. The highest BCUT2D eigenvalue weighted by molar-refractivity contribution is 5.69. The average Bonchev–Trinajstić information content (AvgIpc) is 2.29. The van der Waals surface area contributed by atoms with Crippen LogP contribution in [0.3, 0.4) is 0 Å². The molecule has 0 unspecified atom stereocenters. The van der Waals surface area contributed by atoms with E-state index in [9.17, 15) is 9.59 Å². The monoisotopic (exact) mass is 244 g/mol. The van der Waals surface area contributed by atoms with E-state index in [0.717, 1.165) is 32.1 Å². The van der Waals surface area contributed by atoms with Crippen molar-refractivity contribution in [3.63, 3.8) is 0 Å². The van der Waals surface area contributed by atoms with Gasteiger partial charge in [-0.3, -0.25) is 9.59 Å². The molecule has 0 aromatic heterocycles. The number of hydrogen-bond acceptors (Lipinski definition) is 4. The van der Waals surface area contributed by atoms with Gasteiger partial charge in [0.25, 0.3) is 0 Å². The van der Waals surface area contributed by atoms with E-state index in [2.05, 4.69) is 6.92 Å². The Bertz CT molecular complexity index is 213. The first-order valence-corrected chi connectivity index (χ1v) is 6.52. The van der Waals surface area contributed by atoms with E-state index in [-0.39, 0.29) is 11.9 Å². The number of ether oxygens (including phenoxy) is 2. The van der Waals surface area contributed by atoms with Gasteiger partial charge in [-0.1, -0.05) is 19.8 Å². The van der Waals surface area contributed by atoms with Gasteiger partial charge in [0.2, 0.25) is 0 Å². The SMILES string of the molecule is CCCCOC(=O)CCCCCC(=O)OCC. The molecule has 4 heteroatoms. The fraction of sp³-hybridized carbons (Fsp3) is 0.846. The molecule has 0 amide bonds. The summed E-state index contributed by atoms with van der Waals surface area (Å²) in [4.78, 5) is 22.2. The molecule has 0 aromatic carbocycles. The van der Waals surface area contributed by atoms with Crippen LogP contribution in [0.15, 0.2) is 0 Å². The summed E-state index contributed by atoms with van der Waals surface area (Å²) in [5.41, 5.74) is 0. The van der Waals surface area contributed by atoms with Crippen LogP contribution < -0.4 is 0 Å². The van der Waals surface area contributed by atoms with Gasteiger partial charge in [-0.25, -0.2) is 0 Å². The van der Waals surface area contributed by atoms with Gasteiger partial charge in [0.1, 0.15) is 0 Å². The van der Waals surface area contributed by atoms with Crippen LogP contribution in [0, 0.1) is 0 Å². The second-order valence-electron chi connectivity index (χ2n) is 3.94. The average molecular weight is 244 g/mol. The van der Waals surface area contributed by atoms with Gasteiger partial charge in [-0.15, -0.1) is 0 Å². The first-order chi connectivity index (χ1) is 8.20. The lowest BCUT2D eigenvalue weighted by Gasteiger charge is -2.04. The van der Waals surface area contributed by atoms with Gasteiger partial charge in [-0.05, 0) is 26.2 Å². The van der Waals surface area contributed by atoms with Gasteiger partial charge in [-0.2, -0.15) is 0 Å². The van der Waals surface area contributed by atoms with Gasteiger partial charge >= 0.3 is 11.9 Å². The molecular formula is C13H24O4. The molecule has 0 saturated heterocycles. The molecule has 0 fully saturated rings.